The van der Waals surface area contributed by atoms with Crippen LogP contribution in [0.15, 0.2) is 30.3 Å². The van der Waals surface area contributed by atoms with Gasteiger partial charge in [-0.05, 0) is 24.4 Å². The number of rotatable bonds is 5. The number of carboxylic acids is 1. The van der Waals surface area contributed by atoms with Gasteiger partial charge in [-0.3, -0.25) is 9.67 Å². The number of aromatic amines is 1. The first-order valence-electron chi connectivity index (χ1n) is 5.20. The summed E-state index contributed by atoms with van der Waals surface area (Å²) in [5.74, 6) is -0.483. The molecule has 18 heavy (non-hydrogen) atoms. The summed E-state index contributed by atoms with van der Waals surface area (Å²) in [5, 5.41) is 15.2. The Morgan fingerprint density at radius 2 is 2.17 bits per heavy atom. The number of carboxylic acid groups (broad SMARTS) is 1. The molecule has 0 unspecified atom stereocenters. The molecule has 0 bridgehead atoms. The zero-order valence-corrected chi connectivity index (χ0v) is 10.2. The van der Waals surface area contributed by atoms with Crippen molar-refractivity contribution in [3.05, 3.63) is 40.9 Å². The van der Waals surface area contributed by atoms with E-state index in [-0.39, 0.29) is 13.2 Å². The molecule has 0 aliphatic rings. The average molecular weight is 265 g/mol. The van der Waals surface area contributed by atoms with E-state index in [0.29, 0.717) is 10.6 Å². The summed E-state index contributed by atoms with van der Waals surface area (Å²) in [6.45, 7) is -0.289. The van der Waals surface area contributed by atoms with Crippen molar-refractivity contribution in [2.45, 2.75) is 6.61 Å². The van der Waals surface area contributed by atoms with Crippen molar-refractivity contribution in [1.82, 2.24) is 14.8 Å². The Labute approximate surface area is 108 Å². The number of hydrogen-bond donors (Lipinski definition) is 2. The van der Waals surface area contributed by atoms with Crippen LogP contribution in [-0.4, -0.2) is 32.4 Å². The molecular weight excluding hydrogens is 254 g/mol. The highest BCUT2D eigenvalue weighted by Crippen LogP contribution is 2.11. The second-order valence-corrected chi connectivity index (χ2v) is 3.89. The van der Waals surface area contributed by atoms with E-state index in [1.165, 1.54) is 0 Å². The number of aliphatic carboxylic acids is 1. The zero-order chi connectivity index (χ0) is 13.0. The van der Waals surface area contributed by atoms with Crippen LogP contribution < -0.4 is 0 Å². The molecule has 0 aliphatic carbocycles. The number of H-pyrrole nitrogens is 1. The van der Waals surface area contributed by atoms with Gasteiger partial charge >= 0.3 is 5.97 Å². The number of hydrogen-bond acceptors (Lipinski definition) is 4. The van der Waals surface area contributed by atoms with Gasteiger partial charge < -0.3 is 9.84 Å². The summed E-state index contributed by atoms with van der Waals surface area (Å²) in [7, 11) is 0. The lowest BCUT2D eigenvalue weighted by molar-refractivity contribution is -0.142. The fourth-order valence-electron chi connectivity index (χ4n) is 1.50. The SMILES string of the molecule is O=C(O)COCc1n[nH]c(=S)n1-c1ccccc1. The standard InChI is InChI=1S/C11H11N3O3S/c15-10(16)7-17-6-9-12-13-11(18)14(9)8-4-2-1-3-5-8/h1-5H,6-7H2,(H,13,18)(H,15,16). The minimum Gasteiger partial charge on any atom is -0.480 e. The van der Waals surface area contributed by atoms with Crippen molar-refractivity contribution in [3.63, 3.8) is 0 Å². The Morgan fingerprint density at radius 1 is 1.44 bits per heavy atom. The topological polar surface area (TPSA) is 80.1 Å². The van der Waals surface area contributed by atoms with Crippen LogP contribution in [-0.2, 0) is 16.1 Å². The van der Waals surface area contributed by atoms with Crippen LogP contribution in [0.1, 0.15) is 5.82 Å². The fraction of sp³-hybridized carbons (Fsp3) is 0.182. The number of aromatic nitrogens is 3. The maximum absolute atomic E-state index is 10.4. The molecular formula is C11H11N3O3S. The first-order chi connectivity index (χ1) is 8.68. The lowest BCUT2D eigenvalue weighted by Crippen LogP contribution is -2.09. The van der Waals surface area contributed by atoms with Crippen LogP contribution >= 0.6 is 12.2 Å². The van der Waals surface area contributed by atoms with Crippen LogP contribution in [0.5, 0.6) is 0 Å². The number of para-hydroxylation sites is 1. The lowest BCUT2D eigenvalue weighted by atomic mass is 10.3. The highest BCUT2D eigenvalue weighted by Gasteiger charge is 2.08. The summed E-state index contributed by atoms with van der Waals surface area (Å²) >= 11 is 5.13. The third-order valence-electron chi connectivity index (χ3n) is 2.21. The van der Waals surface area contributed by atoms with E-state index in [0.717, 1.165) is 5.69 Å². The van der Waals surface area contributed by atoms with Crippen LogP contribution in [0.2, 0.25) is 0 Å². The summed E-state index contributed by atoms with van der Waals surface area (Å²) in [5.41, 5.74) is 0.852. The molecule has 0 saturated heterocycles. The summed E-state index contributed by atoms with van der Waals surface area (Å²) in [4.78, 5) is 10.4. The van der Waals surface area contributed by atoms with Crippen LogP contribution in [0.4, 0.5) is 0 Å². The van der Waals surface area contributed by atoms with E-state index < -0.39 is 5.97 Å². The number of nitrogens with one attached hydrogen (secondary N) is 1. The highest BCUT2D eigenvalue weighted by molar-refractivity contribution is 7.71. The smallest absolute Gasteiger partial charge is 0.329 e. The molecule has 94 valence electrons. The maximum atomic E-state index is 10.4. The second kappa shape index (κ2) is 5.56. The van der Waals surface area contributed by atoms with Gasteiger partial charge in [0.05, 0.1) is 0 Å². The van der Waals surface area contributed by atoms with E-state index in [9.17, 15) is 4.79 Å². The van der Waals surface area contributed by atoms with Crippen molar-refractivity contribution >= 4 is 18.2 Å². The van der Waals surface area contributed by atoms with Crippen molar-refractivity contribution in [2.24, 2.45) is 0 Å². The first kappa shape index (κ1) is 12.5. The van der Waals surface area contributed by atoms with Crippen molar-refractivity contribution in [2.75, 3.05) is 6.61 Å². The Kier molecular flexibility index (Phi) is 3.85. The Balaban J connectivity index is 2.23. The van der Waals surface area contributed by atoms with Gasteiger partial charge in [-0.1, -0.05) is 18.2 Å². The Bertz CT molecular complexity index is 591. The van der Waals surface area contributed by atoms with Gasteiger partial charge in [0.2, 0.25) is 0 Å². The number of benzene rings is 1. The molecule has 0 radical (unpaired) electrons. The number of nitrogens with zero attached hydrogens (tertiary/aromatic N) is 2. The van der Waals surface area contributed by atoms with Gasteiger partial charge in [0, 0.05) is 5.69 Å². The molecule has 2 N–H and O–H groups in total. The van der Waals surface area contributed by atoms with Gasteiger partial charge in [0.25, 0.3) is 0 Å². The van der Waals surface area contributed by atoms with Crippen molar-refractivity contribution in [3.8, 4) is 5.69 Å². The van der Waals surface area contributed by atoms with E-state index in [2.05, 4.69) is 10.2 Å². The normalized spacial score (nSPS) is 10.4. The molecule has 0 aliphatic heterocycles. The van der Waals surface area contributed by atoms with Crippen molar-refractivity contribution in [1.29, 1.82) is 0 Å². The van der Waals surface area contributed by atoms with E-state index >= 15 is 0 Å². The highest BCUT2D eigenvalue weighted by atomic mass is 32.1. The third kappa shape index (κ3) is 2.82. The van der Waals surface area contributed by atoms with E-state index in [1.807, 2.05) is 30.3 Å². The molecule has 0 atom stereocenters. The molecule has 0 saturated carbocycles. The van der Waals surface area contributed by atoms with Gasteiger partial charge in [0.1, 0.15) is 13.2 Å². The molecule has 7 heteroatoms. The third-order valence-corrected chi connectivity index (χ3v) is 2.49. The van der Waals surface area contributed by atoms with Gasteiger partial charge in [-0.15, -0.1) is 0 Å². The number of ether oxygens (including phenoxy) is 1. The molecule has 6 nitrogen and oxygen atoms in total. The summed E-state index contributed by atoms with van der Waals surface area (Å²) in [6, 6.07) is 9.42. The molecule has 0 amide bonds. The van der Waals surface area contributed by atoms with E-state index in [4.69, 9.17) is 22.1 Å². The van der Waals surface area contributed by atoms with Crippen molar-refractivity contribution < 1.29 is 14.6 Å². The molecule has 2 aromatic rings. The lowest BCUT2D eigenvalue weighted by Gasteiger charge is -2.06. The van der Waals surface area contributed by atoms with E-state index in [1.54, 1.807) is 4.57 Å². The van der Waals surface area contributed by atoms with Gasteiger partial charge in [-0.25, -0.2) is 4.79 Å². The van der Waals surface area contributed by atoms with Crippen LogP contribution in [0.3, 0.4) is 0 Å². The Morgan fingerprint density at radius 3 is 2.83 bits per heavy atom. The minimum atomic E-state index is -1.02. The quantitative estimate of drug-likeness (QED) is 0.801. The predicted octanol–water partition coefficient (Wildman–Crippen LogP) is 1.53. The first-order valence-corrected chi connectivity index (χ1v) is 5.60. The van der Waals surface area contributed by atoms with Gasteiger partial charge in [0.15, 0.2) is 10.6 Å². The van der Waals surface area contributed by atoms with Crippen LogP contribution in [0, 0.1) is 4.77 Å². The number of carbonyl (C=O) groups is 1. The van der Waals surface area contributed by atoms with Gasteiger partial charge in [-0.2, -0.15) is 5.10 Å². The molecule has 0 spiro atoms. The molecule has 1 aromatic carbocycles. The fourth-order valence-corrected chi connectivity index (χ4v) is 1.76. The molecule has 2 rings (SSSR count). The summed E-state index contributed by atoms with van der Waals surface area (Å²) in [6.07, 6.45) is 0. The minimum absolute atomic E-state index is 0.0777. The molecule has 1 heterocycles. The monoisotopic (exact) mass is 265 g/mol. The maximum Gasteiger partial charge on any atom is 0.329 e. The largest absolute Gasteiger partial charge is 0.480 e. The second-order valence-electron chi connectivity index (χ2n) is 3.50. The van der Waals surface area contributed by atoms with Crippen LogP contribution in [0.25, 0.3) is 5.69 Å². The molecule has 1 aromatic heterocycles. The average Bonchev–Trinajstić information content (AvgIpc) is 2.71. The zero-order valence-electron chi connectivity index (χ0n) is 9.37. The summed E-state index contributed by atoms with van der Waals surface area (Å²) < 4.78 is 7.15. The molecule has 0 fully saturated rings. The predicted molar refractivity (Wildman–Crippen MR) is 66.0 cm³/mol. The Hall–Kier alpha value is -1.99.